The maximum Gasteiger partial charge on any atom is 0.109 e. The molecule has 0 aromatic rings. The van der Waals surface area contributed by atoms with E-state index in [0.29, 0.717) is 6.04 Å². The standard InChI is InChI=1S/C12H23N3O/c1-14-5-6-15(2)10(9-14)8-11(13)12-4-3-7-16-12/h4,10-11H,3,5-9,13H2,1-2H3. The summed E-state index contributed by atoms with van der Waals surface area (Å²) >= 11 is 0. The lowest BCUT2D eigenvalue weighted by atomic mass is 10.0. The average molecular weight is 225 g/mol. The van der Waals surface area contributed by atoms with Gasteiger partial charge in [-0.15, -0.1) is 0 Å². The van der Waals surface area contributed by atoms with E-state index in [1.54, 1.807) is 0 Å². The number of piperazine rings is 1. The highest BCUT2D eigenvalue weighted by molar-refractivity contribution is 5.07. The van der Waals surface area contributed by atoms with Crippen LogP contribution in [0.5, 0.6) is 0 Å². The molecule has 0 aromatic heterocycles. The van der Waals surface area contributed by atoms with Crippen molar-refractivity contribution in [3.8, 4) is 0 Å². The van der Waals surface area contributed by atoms with Crippen molar-refractivity contribution in [2.24, 2.45) is 5.73 Å². The van der Waals surface area contributed by atoms with Crippen molar-refractivity contribution >= 4 is 0 Å². The molecule has 0 saturated carbocycles. The minimum Gasteiger partial charge on any atom is -0.496 e. The molecule has 4 nitrogen and oxygen atoms in total. The molecule has 2 rings (SSSR count). The topological polar surface area (TPSA) is 41.7 Å². The van der Waals surface area contributed by atoms with Gasteiger partial charge in [0.05, 0.1) is 12.6 Å². The van der Waals surface area contributed by atoms with Gasteiger partial charge in [0, 0.05) is 32.1 Å². The number of ether oxygens (including phenoxy) is 1. The molecule has 2 atom stereocenters. The minimum absolute atomic E-state index is 0.0708. The predicted molar refractivity (Wildman–Crippen MR) is 65.2 cm³/mol. The fraction of sp³-hybridized carbons (Fsp3) is 0.833. The van der Waals surface area contributed by atoms with Crippen LogP contribution >= 0.6 is 0 Å². The highest BCUT2D eigenvalue weighted by Gasteiger charge is 2.26. The van der Waals surface area contributed by atoms with Gasteiger partial charge in [-0.25, -0.2) is 0 Å². The summed E-state index contributed by atoms with van der Waals surface area (Å²) < 4.78 is 5.52. The monoisotopic (exact) mass is 225 g/mol. The second-order valence-electron chi connectivity index (χ2n) is 4.98. The molecule has 4 heteroatoms. The van der Waals surface area contributed by atoms with Gasteiger partial charge in [0.25, 0.3) is 0 Å². The van der Waals surface area contributed by atoms with Gasteiger partial charge in [0.1, 0.15) is 5.76 Å². The molecule has 0 radical (unpaired) electrons. The van der Waals surface area contributed by atoms with E-state index < -0.39 is 0 Å². The van der Waals surface area contributed by atoms with E-state index in [4.69, 9.17) is 10.5 Å². The lowest BCUT2D eigenvalue weighted by Crippen LogP contribution is -2.51. The molecule has 2 aliphatic heterocycles. The smallest absolute Gasteiger partial charge is 0.109 e. The van der Waals surface area contributed by atoms with Crippen LogP contribution in [-0.4, -0.2) is 62.2 Å². The van der Waals surface area contributed by atoms with Crippen LogP contribution in [0.15, 0.2) is 11.8 Å². The molecule has 2 aliphatic rings. The normalized spacial score (nSPS) is 29.9. The van der Waals surface area contributed by atoms with E-state index in [0.717, 1.165) is 44.8 Å². The Bertz CT molecular complexity index is 267. The number of nitrogens with zero attached hydrogens (tertiary/aromatic N) is 2. The van der Waals surface area contributed by atoms with E-state index in [9.17, 15) is 0 Å². The van der Waals surface area contributed by atoms with Crippen LogP contribution in [-0.2, 0) is 4.74 Å². The van der Waals surface area contributed by atoms with Crippen molar-refractivity contribution in [1.29, 1.82) is 0 Å². The van der Waals surface area contributed by atoms with E-state index in [1.807, 2.05) is 0 Å². The first-order valence-corrected chi connectivity index (χ1v) is 6.14. The van der Waals surface area contributed by atoms with Crippen molar-refractivity contribution in [1.82, 2.24) is 9.80 Å². The van der Waals surface area contributed by atoms with Crippen LogP contribution in [0.25, 0.3) is 0 Å². The molecule has 0 bridgehead atoms. The molecule has 2 heterocycles. The molecule has 1 fully saturated rings. The van der Waals surface area contributed by atoms with Gasteiger partial charge >= 0.3 is 0 Å². The molecule has 0 amide bonds. The minimum atomic E-state index is 0.0708. The number of hydrogen-bond donors (Lipinski definition) is 1. The first-order chi connectivity index (χ1) is 7.66. The maximum absolute atomic E-state index is 6.18. The summed E-state index contributed by atoms with van der Waals surface area (Å²) in [6, 6.07) is 0.625. The molecular weight excluding hydrogens is 202 g/mol. The lowest BCUT2D eigenvalue weighted by molar-refractivity contribution is 0.100. The van der Waals surface area contributed by atoms with E-state index in [-0.39, 0.29) is 6.04 Å². The zero-order valence-corrected chi connectivity index (χ0v) is 10.4. The van der Waals surface area contributed by atoms with Crippen LogP contribution in [0.3, 0.4) is 0 Å². The highest BCUT2D eigenvalue weighted by Crippen LogP contribution is 2.18. The molecule has 0 spiro atoms. The summed E-state index contributed by atoms with van der Waals surface area (Å²) in [6.07, 6.45) is 4.15. The van der Waals surface area contributed by atoms with Crippen LogP contribution in [0, 0.1) is 0 Å². The van der Waals surface area contributed by atoms with Crippen molar-refractivity contribution in [3.05, 3.63) is 11.8 Å². The largest absolute Gasteiger partial charge is 0.496 e. The summed E-state index contributed by atoms with van der Waals surface area (Å²) in [5, 5.41) is 0. The van der Waals surface area contributed by atoms with Gasteiger partial charge in [-0.3, -0.25) is 0 Å². The maximum atomic E-state index is 6.18. The zero-order valence-electron chi connectivity index (χ0n) is 10.4. The molecule has 1 saturated heterocycles. The van der Waals surface area contributed by atoms with Gasteiger partial charge in [0.2, 0.25) is 0 Å². The Hall–Kier alpha value is -0.580. The van der Waals surface area contributed by atoms with E-state index in [1.165, 1.54) is 0 Å². The Morgan fingerprint density at radius 2 is 2.31 bits per heavy atom. The van der Waals surface area contributed by atoms with Crippen LogP contribution in [0.4, 0.5) is 0 Å². The van der Waals surface area contributed by atoms with Crippen molar-refractivity contribution in [3.63, 3.8) is 0 Å². The van der Waals surface area contributed by atoms with Crippen molar-refractivity contribution in [2.45, 2.75) is 24.9 Å². The Morgan fingerprint density at radius 1 is 1.50 bits per heavy atom. The van der Waals surface area contributed by atoms with Gasteiger partial charge in [-0.2, -0.15) is 0 Å². The Kier molecular flexibility index (Phi) is 3.84. The lowest BCUT2D eigenvalue weighted by Gasteiger charge is -2.38. The molecule has 16 heavy (non-hydrogen) atoms. The summed E-state index contributed by atoms with van der Waals surface area (Å²) in [6.45, 7) is 4.20. The van der Waals surface area contributed by atoms with Crippen molar-refractivity contribution in [2.75, 3.05) is 40.3 Å². The fourth-order valence-electron chi connectivity index (χ4n) is 2.46. The van der Waals surface area contributed by atoms with Gasteiger partial charge in [0.15, 0.2) is 0 Å². The van der Waals surface area contributed by atoms with Crippen molar-refractivity contribution < 1.29 is 4.74 Å². The van der Waals surface area contributed by atoms with Crippen LogP contribution < -0.4 is 5.73 Å². The summed E-state index contributed by atoms with van der Waals surface area (Å²) in [5.41, 5.74) is 6.18. The highest BCUT2D eigenvalue weighted by atomic mass is 16.5. The third-order valence-electron chi connectivity index (χ3n) is 3.60. The van der Waals surface area contributed by atoms with E-state index in [2.05, 4.69) is 30.0 Å². The van der Waals surface area contributed by atoms with Gasteiger partial charge < -0.3 is 20.3 Å². The first-order valence-electron chi connectivity index (χ1n) is 6.14. The molecule has 2 N–H and O–H groups in total. The molecule has 0 aromatic carbocycles. The number of rotatable bonds is 3. The predicted octanol–water partition coefficient (Wildman–Crippen LogP) is 0.254. The SMILES string of the molecule is CN1CCN(C)C(CC(N)C2=CCCO2)C1. The first kappa shape index (κ1) is 11.9. The van der Waals surface area contributed by atoms with Crippen LogP contribution in [0.1, 0.15) is 12.8 Å². The third kappa shape index (κ3) is 2.75. The average Bonchev–Trinajstić information content (AvgIpc) is 2.76. The second kappa shape index (κ2) is 5.17. The third-order valence-corrected chi connectivity index (χ3v) is 3.60. The zero-order chi connectivity index (χ0) is 11.5. The number of likely N-dealkylation sites (N-methyl/N-ethyl adjacent to an activating group) is 2. The summed E-state index contributed by atoms with van der Waals surface area (Å²) in [7, 11) is 4.37. The Morgan fingerprint density at radius 3 is 3.00 bits per heavy atom. The summed E-state index contributed by atoms with van der Waals surface area (Å²) in [5.74, 6) is 1.00. The van der Waals surface area contributed by atoms with Gasteiger partial charge in [-0.1, -0.05) is 0 Å². The fourth-order valence-corrected chi connectivity index (χ4v) is 2.46. The number of nitrogens with two attached hydrogens (primary N) is 1. The van der Waals surface area contributed by atoms with Crippen LogP contribution in [0.2, 0.25) is 0 Å². The van der Waals surface area contributed by atoms with E-state index >= 15 is 0 Å². The summed E-state index contributed by atoms with van der Waals surface area (Å²) in [4.78, 5) is 4.79. The molecule has 0 aliphatic carbocycles. The Balaban J connectivity index is 1.87. The quantitative estimate of drug-likeness (QED) is 0.748. The Labute approximate surface area is 98.0 Å². The molecular formula is C12H23N3O. The molecule has 92 valence electrons. The molecule has 2 unspecified atom stereocenters. The number of hydrogen-bond acceptors (Lipinski definition) is 4. The van der Waals surface area contributed by atoms with Gasteiger partial charge in [-0.05, 0) is 26.6 Å². The second-order valence-corrected chi connectivity index (χ2v) is 4.98.